The Morgan fingerprint density at radius 1 is 1.33 bits per heavy atom. The van der Waals surface area contributed by atoms with Crippen molar-refractivity contribution in [1.82, 2.24) is 15.1 Å². The number of aliphatic imine (C=N–C) groups is 1. The molecule has 4 nitrogen and oxygen atoms in total. The average molecular weight is 451 g/mol. The Morgan fingerprint density at radius 3 is 2.97 bits per heavy atom. The molecule has 3 aliphatic heterocycles. The number of hydrogen-bond donors (Lipinski definition) is 1. The zero-order valence-corrected chi connectivity index (χ0v) is 20.5. The second kappa shape index (κ2) is 10.7. The maximum atomic E-state index is 14.7. The van der Waals surface area contributed by atoms with Crippen LogP contribution < -0.4 is 5.32 Å². The molecule has 1 aromatic rings. The minimum atomic E-state index is -0.235. The maximum absolute atomic E-state index is 14.7. The van der Waals surface area contributed by atoms with Crippen molar-refractivity contribution in [2.75, 3.05) is 26.7 Å². The molecule has 0 radical (unpaired) electrons. The van der Waals surface area contributed by atoms with Crippen LogP contribution in [-0.4, -0.2) is 48.4 Å². The summed E-state index contributed by atoms with van der Waals surface area (Å²) in [6.45, 7) is 11.8. The van der Waals surface area contributed by atoms with Crippen molar-refractivity contribution >= 4 is 11.4 Å². The van der Waals surface area contributed by atoms with E-state index in [1.54, 1.807) is 12.1 Å². The van der Waals surface area contributed by atoms with E-state index in [0.717, 1.165) is 60.1 Å². The van der Waals surface area contributed by atoms with Gasteiger partial charge in [-0.05, 0) is 80.7 Å². The summed E-state index contributed by atoms with van der Waals surface area (Å²) in [5.74, 6) is 2.92. The predicted octanol–water partition coefficient (Wildman–Crippen LogP) is 5.59. The number of rotatable bonds is 6. The largest absolute Gasteiger partial charge is 0.337 e. The molecule has 5 heteroatoms. The monoisotopic (exact) mass is 450 g/mol. The van der Waals surface area contributed by atoms with Gasteiger partial charge in [0.2, 0.25) is 0 Å². The van der Waals surface area contributed by atoms with E-state index in [0.29, 0.717) is 5.56 Å². The topological polar surface area (TPSA) is 30.9 Å². The van der Waals surface area contributed by atoms with E-state index >= 15 is 0 Å². The van der Waals surface area contributed by atoms with Crippen LogP contribution in [0.25, 0.3) is 5.57 Å². The molecule has 1 aromatic carbocycles. The SMILES string of the molecule is C=C/C(=C1/NC(=NCCC2CC(C)CN3CCCC3C2)C=CN1C)c1cc(CC)ccc1F. The molecule has 0 aromatic heterocycles. The Morgan fingerprint density at radius 2 is 2.18 bits per heavy atom. The van der Waals surface area contributed by atoms with Crippen LogP contribution in [0, 0.1) is 17.7 Å². The Balaban J connectivity index is 1.47. The van der Waals surface area contributed by atoms with Crippen molar-refractivity contribution in [3.63, 3.8) is 0 Å². The highest BCUT2D eigenvalue weighted by molar-refractivity contribution is 5.96. The van der Waals surface area contributed by atoms with Gasteiger partial charge < -0.3 is 15.1 Å². The number of allylic oxidation sites excluding steroid dienone is 2. The van der Waals surface area contributed by atoms with Gasteiger partial charge in [0.25, 0.3) is 0 Å². The fraction of sp³-hybridized carbons (Fsp3) is 0.536. The zero-order chi connectivity index (χ0) is 23.4. The van der Waals surface area contributed by atoms with Crippen molar-refractivity contribution in [3.8, 4) is 0 Å². The first-order chi connectivity index (χ1) is 16.0. The summed E-state index contributed by atoms with van der Waals surface area (Å²) in [7, 11) is 1.96. The molecule has 0 amide bonds. The first-order valence-electron chi connectivity index (χ1n) is 12.6. The van der Waals surface area contributed by atoms with Crippen LogP contribution in [0.5, 0.6) is 0 Å². The van der Waals surface area contributed by atoms with E-state index in [2.05, 4.69) is 30.6 Å². The van der Waals surface area contributed by atoms with Gasteiger partial charge in [0.05, 0.1) is 0 Å². The molecule has 4 rings (SSSR count). The molecule has 178 valence electrons. The summed E-state index contributed by atoms with van der Waals surface area (Å²) in [5, 5.41) is 3.44. The molecule has 0 spiro atoms. The highest BCUT2D eigenvalue weighted by Crippen LogP contribution is 2.33. The Labute approximate surface area is 199 Å². The fourth-order valence-electron chi connectivity index (χ4n) is 5.72. The van der Waals surface area contributed by atoms with E-state index in [9.17, 15) is 4.39 Å². The Kier molecular flexibility index (Phi) is 7.69. The average Bonchev–Trinajstić information content (AvgIpc) is 3.16. The Bertz CT molecular complexity index is 947. The van der Waals surface area contributed by atoms with Crippen LogP contribution in [0.15, 0.2) is 53.9 Å². The maximum Gasteiger partial charge on any atom is 0.131 e. The highest BCUT2D eigenvalue weighted by atomic mass is 19.1. The number of benzene rings is 1. The van der Waals surface area contributed by atoms with Crippen molar-refractivity contribution in [3.05, 3.63) is 65.9 Å². The number of fused-ring (bicyclic) bond motifs is 1. The number of nitrogens with one attached hydrogen (secondary N) is 1. The van der Waals surface area contributed by atoms with Gasteiger partial charge in [-0.2, -0.15) is 0 Å². The smallest absolute Gasteiger partial charge is 0.131 e. The number of amidine groups is 1. The van der Waals surface area contributed by atoms with Crippen molar-refractivity contribution in [2.24, 2.45) is 16.8 Å². The van der Waals surface area contributed by atoms with Crippen molar-refractivity contribution < 1.29 is 4.39 Å². The lowest BCUT2D eigenvalue weighted by Gasteiger charge is -2.27. The van der Waals surface area contributed by atoms with E-state index in [-0.39, 0.29) is 5.82 Å². The minimum Gasteiger partial charge on any atom is -0.337 e. The molecule has 0 saturated carbocycles. The van der Waals surface area contributed by atoms with Crippen LogP contribution in [0.3, 0.4) is 0 Å². The van der Waals surface area contributed by atoms with Crippen molar-refractivity contribution in [2.45, 2.75) is 58.4 Å². The molecule has 0 aliphatic carbocycles. The van der Waals surface area contributed by atoms with E-state index in [1.165, 1.54) is 38.8 Å². The molecule has 2 saturated heterocycles. The summed E-state index contributed by atoms with van der Waals surface area (Å²) in [5.41, 5.74) is 2.43. The normalized spacial score (nSPS) is 28.4. The third-order valence-corrected chi connectivity index (χ3v) is 7.45. The molecule has 0 bridgehead atoms. The summed E-state index contributed by atoms with van der Waals surface area (Å²) in [4.78, 5) is 9.57. The third kappa shape index (κ3) is 5.57. The first kappa shape index (κ1) is 23.7. The minimum absolute atomic E-state index is 0.235. The molecule has 33 heavy (non-hydrogen) atoms. The fourth-order valence-corrected chi connectivity index (χ4v) is 5.72. The molecule has 2 fully saturated rings. The molecular weight excluding hydrogens is 411 g/mol. The van der Waals surface area contributed by atoms with Crippen molar-refractivity contribution in [1.29, 1.82) is 0 Å². The lowest BCUT2D eigenvalue weighted by molar-refractivity contribution is 0.234. The zero-order valence-electron chi connectivity index (χ0n) is 20.5. The number of halogens is 1. The summed E-state index contributed by atoms with van der Waals surface area (Å²) < 4.78 is 14.7. The van der Waals surface area contributed by atoms with E-state index < -0.39 is 0 Å². The van der Waals surface area contributed by atoms with Crippen LogP contribution in [0.1, 0.15) is 57.1 Å². The van der Waals surface area contributed by atoms with Gasteiger partial charge in [-0.25, -0.2) is 4.39 Å². The summed E-state index contributed by atoms with van der Waals surface area (Å²) in [6, 6.07) is 6.09. The van der Waals surface area contributed by atoms with Crippen LogP contribution in [-0.2, 0) is 6.42 Å². The molecule has 3 unspecified atom stereocenters. The van der Waals surface area contributed by atoms with Gasteiger partial charge in [0.15, 0.2) is 0 Å². The quantitative estimate of drug-likeness (QED) is 0.613. The van der Waals surface area contributed by atoms with Gasteiger partial charge in [-0.3, -0.25) is 4.99 Å². The van der Waals surface area contributed by atoms with Gasteiger partial charge >= 0.3 is 0 Å². The van der Waals surface area contributed by atoms with E-state index in [1.807, 2.05) is 36.4 Å². The number of hydrogen-bond acceptors (Lipinski definition) is 3. The molecular formula is C28H39FN4. The highest BCUT2D eigenvalue weighted by Gasteiger charge is 2.32. The molecule has 1 N–H and O–H groups in total. The standard InChI is InChI=1S/C28H39FN4/c1-5-21-9-10-26(29)25(18-21)24(6-2)28-31-27(12-15-32(28)4)30-13-11-22-16-20(3)19-33-14-7-8-23(33)17-22/h6,9-10,12,15,18,20,22-23H,2,5,7-8,11,13-14,16-17,19H2,1,3-4H3,(H,30,31)/b28-24+. The molecule has 3 heterocycles. The second-order valence-electron chi connectivity index (χ2n) is 9.98. The van der Waals surface area contributed by atoms with Gasteiger partial charge in [-0.15, -0.1) is 0 Å². The lowest BCUT2D eigenvalue weighted by Crippen LogP contribution is -2.35. The number of nitrogens with zero attached hydrogens (tertiary/aromatic N) is 3. The first-order valence-corrected chi connectivity index (χ1v) is 12.6. The van der Waals surface area contributed by atoms with Crippen LogP contribution in [0.4, 0.5) is 4.39 Å². The van der Waals surface area contributed by atoms with Crippen LogP contribution >= 0.6 is 0 Å². The second-order valence-corrected chi connectivity index (χ2v) is 9.98. The predicted molar refractivity (Wildman–Crippen MR) is 136 cm³/mol. The number of aryl methyl sites for hydroxylation is 1. The van der Waals surface area contributed by atoms with Gasteiger partial charge in [-0.1, -0.05) is 32.6 Å². The third-order valence-electron chi connectivity index (χ3n) is 7.45. The Hall–Kier alpha value is -2.40. The lowest BCUT2D eigenvalue weighted by atomic mass is 9.89. The van der Waals surface area contributed by atoms with E-state index in [4.69, 9.17) is 4.99 Å². The summed E-state index contributed by atoms with van der Waals surface area (Å²) >= 11 is 0. The van der Waals surface area contributed by atoms with Crippen LogP contribution in [0.2, 0.25) is 0 Å². The molecule has 3 atom stereocenters. The van der Waals surface area contributed by atoms with Gasteiger partial charge in [0.1, 0.15) is 17.5 Å². The van der Waals surface area contributed by atoms with Gasteiger partial charge in [0, 0.05) is 43.5 Å². The summed E-state index contributed by atoms with van der Waals surface area (Å²) in [6.07, 6.45) is 13.1. The molecule has 3 aliphatic rings.